The molecule has 1 atom stereocenters. The number of aliphatic hydroxyl groups is 1. The summed E-state index contributed by atoms with van der Waals surface area (Å²) in [5, 5.41) is 9.92. The number of aliphatic hydroxyl groups excluding tert-OH is 1. The van der Waals surface area contributed by atoms with E-state index in [4.69, 9.17) is 0 Å². The number of benzene rings is 1. The first kappa shape index (κ1) is 13.2. The van der Waals surface area contributed by atoms with Crippen molar-refractivity contribution in [3.8, 4) is 0 Å². The van der Waals surface area contributed by atoms with Gasteiger partial charge in [0.1, 0.15) is 9.84 Å². The van der Waals surface area contributed by atoms with Crippen LogP contribution in [0.1, 0.15) is 29.2 Å². The summed E-state index contributed by atoms with van der Waals surface area (Å²) in [6.45, 7) is 3.87. The third-order valence-electron chi connectivity index (χ3n) is 2.56. The molecular weight excluding hydrogens is 224 g/mol. The van der Waals surface area contributed by atoms with Gasteiger partial charge in [-0.3, -0.25) is 0 Å². The quantitative estimate of drug-likeness (QED) is 0.875. The van der Waals surface area contributed by atoms with Gasteiger partial charge in [0.15, 0.2) is 0 Å². The molecule has 1 unspecified atom stereocenters. The van der Waals surface area contributed by atoms with Crippen LogP contribution in [-0.2, 0) is 9.84 Å². The number of aryl methyl sites for hydroxylation is 2. The van der Waals surface area contributed by atoms with E-state index in [-0.39, 0.29) is 12.2 Å². The average Bonchev–Trinajstić information content (AvgIpc) is 2.17. The standard InChI is InChI=1S/C12H18O3S/c1-9-4-5-10(2)11(8-9)12(13)6-7-16(3,14)15/h4-5,8,12-13H,6-7H2,1-3H3. The number of rotatable bonds is 4. The lowest BCUT2D eigenvalue weighted by atomic mass is 9.99. The first-order valence-corrected chi connectivity index (χ1v) is 7.28. The van der Waals surface area contributed by atoms with E-state index < -0.39 is 15.9 Å². The number of hydrogen-bond donors (Lipinski definition) is 1. The van der Waals surface area contributed by atoms with E-state index in [2.05, 4.69) is 0 Å². The molecule has 0 fully saturated rings. The SMILES string of the molecule is Cc1ccc(C)c(C(O)CCS(C)(=O)=O)c1. The van der Waals surface area contributed by atoms with Crippen molar-refractivity contribution in [2.75, 3.05) is 12.0 Å². The summed E-state index contributed by atoms with van der Waals surface area (Å²) in [7, 11) is -3.01. The van der Waals surface area contributed by atoms with E-state index in [0.29, 0.717) is 0 Å². The fourth-order valence-electron chi connectivity index (χ4n) is 1.60. The molecule has 16 heavy (non-hydrogen) atoms. The maximum absolute atomic E-state index is 11.0. The second-order valence-corrected chi connectivity index (χ2v) is 6.55. The van der Waals surface area contributed by atoms with Crippen molar-refractivity contribution in [1.82, 2.24) is 0 Å². The fourth-order valence-corrected chi connectivity index (χ4v) is 2.25. The lowest BCUT2D eigenvalue weighted by molar-refractivity contribution is 0.173. The molecule has 4 heteroatoms. The summed E-state index contributed by atoms with van der Waals surface area (Å²) < 4.78 is 22.0. The Kier molecular flexibility index (Phi) is 4.10. The molecule has 3 nitrogen and oxygen atoms in total. The fraction of sp³-hybridized carbons (Fsp3) is 0.500. The molecule has 1 aromatic rings. The van der Waals surface area contributed by atoms with Crippen LogP contribution in [0.5, 0.6) is 0 Å². The van der Waals surface area contributed by atoms with Crippen LogP contribution in [0.15, 0.2) is 18.2 Å². The minimum atomic E-state index is -3.01. The average molecular weight is 242 g/mol. The highest BCUT2D eigenvalue weighted by Crippen LogP contribution is 2.22. The van der Waals surface area contributed by atoms with Gasteiger partial charge < -0.3 is 5.11 Å². The van der Waals surface area contributed by atoms with Gasteiger partial charge in [-0.1, -0.05) is 23.8 Å². The van der Waals surface area contributed by atoms with Crippen LogP contribution in [0.3, 0.4) is 0 Å². The van der Waals surface area contributed by atoms with Gasteiger partial charge in [0, 0.05) is 6.26 Å². The van der Waals surface area contributed by atoms with Gasteiger partial charge in [0.2, 0.25) is 0 Å². The Morgan fingerprint density at radius 3 is 2.50 bits per heavy atom. The van der Waals surface area contributed by atoms with E-state index in [1.165, 1.54) is 6.26 Å². The Hall–Kier alpha value is -0.870. The second-order valence-electron chi connectivity index (χ2n) is 4.29. The maximum Gasteiger partial charge on any atom is 0.147 e. The van der Waals surface area contributed by atoms with Crippen molar-refractivity contribution >= 4 is 9.84 Å². The molecular formula is C12H18O3S. The van der Waals surface area contributed by atoms with Crippen LogP contribution in [0, 0.1) is 13.8 Å². The van der Waals surface area contributed by atoms with E-state index in [1.54, 1.807) is 0 Å². The molecule has 0 saturated heterocycles. The number of hydrogen-bond acceptors (Lipinski definition) is 3. The molecule has 1 N–H and O–H groups in total. The zero-order valence-electron chi connectivity index (χ0n) is 9.90. The van der Waals surface area contributed by atoms with Gasteiger partial charge in [0.05, 0.1) is 11.9 Å². The van der Waals surface area contributed by atoms with Crippen LogP contribution in [-0.4, -0.2) is 25.5 Å². The van der Waals surface area contributed by atoms with Crippen LogP contribution in [0.25, 0.3) is 0 Å². The number of sulfone groups is 1. The van der Waals surface area contributed by atoms with Crippen molar-refractivity contribution in [3.05, 3.63) is 34.9 Å². The van der Waals surface area contributed by atoms with Crippen molar-refractivity contribution in [2.45, 2.75) is 26.4 Å². The third-order valence-corrected chi connectivity index (χ3v) is 3.53. The summed E-state index contributed by atoms with van der Waals surface area (Å²) in [5.41, 5.74) is 2.88. The molecule has 1 rings (SSSR count). The topological polar surface area (TPSA) is 54.4 Å². The zero-order valence-corrected chi connectivity index (χ0v) is 10.7. The predicted octanol–water partition coefficient (Wildman–Crippen LogP) is 1.77. The van der Waals surface area contributed by atoms with E-state index in [9.17, 15) is 13.5 Å². The minimum Gasteiger partial charge on any atom is -0.388 e. The Labute approximate surface area is 97.0 Å². The third kappa shape index (κ3) is 3.94. The van der Waals surface area contributed by atoms with Gasteiger partial charge >= 0.3 is 0 Å². The van der Waals surface area contributed by atoms with Crippen molar-refractivity contribution in [3.63, 3.8) is 0 Å². The molecule has 0 aliphatic rings. The van der Waals surface area contributed by atoms with E-state index in [1.807, 2.05) is 32.0 Å². The molecule has 0 saturated carbocycles. The van der Waals surface area contributed by atoms with Gasteiger partial charge in [-0.05, 0) is 31.4 Å². The Bertz CT molecular complexity index is 463. The summed E-state index contributed by atoms with van der Waals surface area (Å²) in [6, 6.07) is 5.82. The molecule has 0 aromatic heterocycles. The van der Waals surface area contributed by atoms with Crippen LogP contribution >= 0.6 is 0 Å². The monoisotopic (exact) mass is 242 g/mol. The van der Waals surface area contributed by atoms with Crippen LogP contribution in [0.4, 0.5) is 0 Å². The summed E-state index contributed by atoms with van der Waals surface area (Å²) >= 11 is 0. The smallest absolute Gasteiger partial charge is 0.147 e. The molecule has 0 spiro atoms. The first-order chi connectivity index (χ1) is 7.29. The molecule has 1 aromatic carbocycles. The van der Waals surface area contributed by atoms with Gasteiger partial charge in [0.25, 0.3) is 0 Å². The van der Waals surface area contributed by atoms with Crippen molar-refractivity contribution < 1.29 is 13.5 Å². The summed E-state index contributed by atoms with van der Waals surface area (Å²) in [4.78, 5) is 0. The Balaban J connectivity index is 2.80. The maximum atomic E-state index is 11.0. The van der Waals surface area contributed by atoms with Crippen molar-refractivity contribution in [2.24, 2.45) is 0 Å². The minimum absolute atomic E-state index is 0.0154. The molecule has 0 aliphatic carbocycles. The lowest BCUT2D eigenvalue weighted by Gasteiger charge is -2.13. The normalized spacial score (nSPS) is 13.8. The summed E-state index contributed by atoms with van der Waals surface area (Å²) in [6.07, 6.45) is 0.737. The Morgan fingerprint density at radius 1 is 1.31 bits per heavy atom. The second kappa shape index (κ2) is 4.97. The van der Waals surface area contributed by atoms with Crippen LogP contribution in [0.2, 0.25) is 0 Å². The molecule has 0 aliphatic heterocycles. The highest BCUT2D eigenvalue weighted by molar-refractivity contribution is 7.90. The zero-order chi connectivity index (χ0) is 12.3. The van der Waals surface area contributed by atoms with E-state index >= 15 is 0 Å². The van der Waals surface area contributed by atoms with Crippen LogP contribution < -0.4 is 0 Å². The molecule has 0 heterocycles. The predicted molar refractivity (Wildman–Crippen MR) is 65.2 cm³/mol. The molecule has 90 valence electrons. The molecule has 0 amide bonds. The van der Waals surface area contributed by atoms with Gasteiger partial charge in [-0.15, -0.1) is 0 Å². The van der Waals surface area contributed by atoms with E-state index in [0.717, 1.165) is 16.7 Å². The Morgan fingerprint density at radius 2 is 1.94 bits per heavy atom. The highest BCUT2D eigenvalue weighted by atomic mass is 32.2. The highest BCUT2D eigenvalue weighted by Gasteiger charge is 2.13. The molecule has 0 radical (unpaired) electrons. The lowest BCUT2D eigenvalue weighted by Crippen LogP contribution is -2.09. The first-order valence-electron chi connectivity index (χ1n) is 5.22. The van der Waals surface area contributed by atoms with Gasteiger partial charge in [-0.25, -0.2) is 8.42 Å². The molecule has 0 bridgehead atoms. The van der Waals surface area contributed by atoms with Gasteiger partial charge in [-0.2, -0.15) is 0 Å². The largest absolute Gasteiger partial charge is 0.388 e. The summed E-state index contributed by atoms with van der Waals surface area (Å²) in [5.74, 6) is 0.0154. The van der Waals surface area contributed by atoms with Crippen molar-refractivity contribution in [1.29, 1.82) is 0 Å².